The largest absolute Gasteiger partial charge is 0.480 e. The summed E-state index contributed by atoms with van der Waals surface area (Å²) in [6.07, 6.45) is 0.764. The van der Waals surface area contributed by atoms with Crippen LogP contribution in [0.4, 0.5) is 0 Å². The second kappa shape index (κ2) is 8.08. The predicted octanol–water partition coefficient (Wildman–Crippen LogP) is 2.99. The van der Waals surface area contributed by atoms with Gasteiger partial charge < -0.3 is 10.4 Å². The predicted molar refractivity (Wildman–Crippen MR) is 86.4 cm³/mol. The standard InChI is InChI=1S/C16H23NO3S/c1-4-16(5-2,15(19)20)17-14(18)11-21-10-13-8-6-7-12(3)9-13/h6-9H,4-5,10-11H2,1-3H3,(H,17,18)(H,19,20). The number of thioether (sulfide) groups is 1. The van der Waals surface area contributed by atoms with Crippen molar-refractivity contribution in [2.75, 3.05) is 5.75 Å². The molecule has 0 aliphatic heterocycles. The molecule has 2 N–H and O–H groups in total. The maximum Gasteiger partial charge on any atom is 0.329 e. The van der Waals surface area contributed by atoms with Crippen LogP contribution in [0.15, 0.2) is 24.3 Å². The first-order valence-corrected chi connectivity index (χ1v) is 8.26. The van der Waals surface area contributed by atoms with E-state index in [4.69, 9.17) is 0 Å². The summed E-state index contributed by atoms with van der Waals surface area (Å²) < 4.78 is 0. The average Bonchev–Trinajstić information content (AvgIpc) is 2.44. The molecular formula is C16H23NO3S. The summed E-state index contributed by atoms with van der Waals surface area (Å²) in [4.78, 5) is 23.3. The van der Waals surface area contributed by atoms with Gasteiger partial charge >= 0.3 is 5.97 Å². The summed E-state index contributed by atoms with van der Waals surface area (Å²) in [5.74, 6) is -0.181. The first kappa shape index (κ1) is 17.6. The van der Waals surface area contributed by atoms with E-state index >= 15 is 0 Å². The van der Waals surface area contributed by atoms with Crippen molar-refractivity contribution in [2.24, 2.45) is 0 Å². The van der Waals surface area contributed by atoms with Crippen LogP contribution < -0.4 is 5.32 Å². The average molecular weight is 309 g/mol. The lowest BCUT2D eigenvalue weighted by Crippen LogP contribution is -2.54. The van der Waals surface area contributed by atoms with Crippen LogP contribution in [0.5, 0.6) is 0 Å². The number of carboxylic acid groups (broad SMARTS) is 1. The molecule has 0 spiro atoms. The van der Waals surface area contributed by atoms with E-state index in [0.29, 0.717) is 12.8 Å². The number of benzene rings is 1. The lowest BCUT2D eigenvalue weighted by Gasteiger charge is -2.27. The summed E-state index contributed by atoms with van der Waals surface area (Å²) in [6, 6.07) is 8.14. The maximum absolute atomic E-state index is 11.9. The van der Waals surface area contributed by atoms with Crippen LogP contribution in [-0.4, -0.2) is 28.3 Å². The van der Waals surface area contributed by atoms with Gasteiger partial charge in [0.15, 0.2) is 0 Å². The fourth-order valence-corrected chi connectivity index (χ4v) is 2.92. The van der Waals surface area contributed by atoms with Crippen molar-refractivity contribution in [1.82, 2.24) is 5.32 Å². The number of hydrogen-bond acceptors (Lipinski definition) is 3. The number of aryl methyl sites for hydroxylation is 1. The molecule has 116 valence electrons. The first-order chi connectivity index (χ1) is 9.93. The third-order valence-corrected chi connectivity index (χ3v) is 4.58. The number of hydrogen-bond donors (Lipinski definition) is 2. The highest BCUT2D eigenvalue weighted by Crippen LogP contribution is 2.17. The van der Waals surface area contributed by atoms with E-state index in [1.54, 1.807) is 13.8 Å². The van der Waals surface area contributed by atoms with Gasteiger partial charge in [-0.2, -0.15) is 0 Å². The Kier molecular flexibility index (Phi) is 6.75. The molecule has 5 heteroatoms. The molecule has 0 aliphatic rings. The Bertz CT molecular complexity index is 498. The molecule has 0 atom stereocenters. The molecule has 0 aromatic heterocycles. The SMILES string of the molecule is CCC(CC)(NC(=O)CSCc1cccc(C)c1)C(=O)O. The lowest BCUT2D eigenvalue weighted by atomic mass is 9.93. The number of nitrogens with one attached hydrogen (secondary N) is 1. The van der Waals surface area contributed by atoms with E-state index < -0.39 is 11.5 Å². The first-order valence-electron chi connectivity index (χ1n) is 7.11. The van der Waals surface area contributed by atoms with Crippen LogP contribution >= 0.6 is 11.8 Å². The van der Waals surface area contributed by atoms with E-state index in [2.05, 4.69) is 11.4 Å². The number of carbonyl (C=O) groups is 2. The van der Waals surface area contributed by atoms with Crippen molar-refractivity contribution in [1.29, 1.82) is 0 Å². The van der Waals surface area contributed by atoms with Crippen LogP contribution in [0.2, 0.25) is 0 Å². The van der Waals surface area contributed by atoms with E-state index in [-0.39, 0.29) is 11.7 Å². The fourth-order valence-electron chi connectivity index (χ4n) is 2.15. The van der Waals surface area contributed by atoms with Crippen LogP contribution in [0, 0.1) is 6.92 Å². The molecule has 0 saturated carbocycles. The van der Waals surface area contributed by atoms with Gasteiger partial charge in [0.25, 0.3) is 0 Å². The molecular weight excluding hydrogens is 286 g/mol. The Balaban J connectivity index is 2.48. The molecule has 0 bridgehead atoms. The van der Waals surface area contributed by atoms with E-state index in [1.165, 1.54) is 22.9 Å². The second-order valence-electron chi connectivity index (χ2n) is 5.12. The molecule has 0 radical (unpaired) electrons. The number of amides is 1. The van der Waals surface area contributed by atoms with Gasteiger partial charge in [0.05, 0.1) is 5.75 Å². The molecule has 1 aromatic rings. The molecule has 0 unspecified atom stereocenters. The highest BCUT2D eigenvalue weighted by Gasteiger charge is 2.36. The fraction of sp³-hybridized carbons (Fsp3) is 0.500. The van der Waals surface area contributed by atoms with Crippen molar-refractivity contribution in [3.63, 3.8) is 0 Å². The molecule has 1 amide bonds. The van der Waals surface area contributed by atoms with Gasteiger partial charge in [0.2, 0.25) is 5.91 Å². The Morgan fingerprint density at radius 3 is 2.48 bits per heavy atom. The molecule has 0 aliphatic carbocycles. The van der Waals surface area contributed by atoms with Crippen molar-refractivity contribution in [3.05, 3.63) is 35.4 Å². The number of rotatable bonds is 8. The van der Waals surface area contributed by atoms with Gasteiger partial charge in [-0.25, -0.2) is 4.79 Å². The number of carboxylic acids is 1. The Hall–Kier alpha value is -1.49. The topological polar surface area (TPSA) is 66.4 Å². The highest BCUT2D eigenvalue weighted by atomic mass is 32.2. The molecule has 1 aromatic carbocycles. The van der Waals surface area contributed by atoms with Gasteiger partial charge in [-0.15, -0.1) is 11.8 Å². The quantitative estimate of drug-likeness (QED) is 0.775. The number of aliphatic carboxylic acids is 1. The zero-order valence-corrected chi connectivity index (χ0v) is 13.6. The van der Waals surface area contributed by atoms with Gasteiger partial charge in [0.1, 0.15) is 5.54 Å². The van der Waals surface area contributed by atoms with E-state index in [0.717, 1.165) is 5.75 Å². The molecule has 4 nitrogen and oxygen atoms in total. The van der Waals surface area contributed by atoms with Crippen molar-refractivity contribution >= 4 is 23.6 Å². The van der Waals surface area contributed by atoms with Gasteiger partial charge in [-0.1, -0.05) is 43.7 Å². The third-order valence-electron chi connectivity index (χ3n) is 3.58. The van der Waals surface area contributed by atoms with Gasteiger partial charge in [-0.05, 0) is 25.3 Å². The smallest absolute Gasteiger partial charge is 0.329 e. The summed E-state index contributed by atoms with van der Waals surface area (Å²) in [6.45, 7) is 5.58. The minimum absolute atomic E-state index is 0.223. The van der Waals surface area contributed by atoms with E-state index in [9.17, 15) is 14.7 Å². The third kappa shape index (κ3) is 5.08. The minimum Gasteiger partial charge on any atom is -0.480 e. The molecule has 1 rings (SSSR count). The zero-order chi connectivity index (χ0) is 15.9. The lowest BCUT2D eigenvalue weighted by molar-refractivity contribution is -0.147. The summed E-state index contributed by atoms with van der Waals surface area (Å²) in [5.41, 5.74) is 1.23. The molecule has 0 fully saturated rings. The van der Waals surface area contributed by atoms with Crippen LogP contribution in [0.1, 0.15) is 37.8 Å². The number of carbonyl (C=O) groups excluding carboxylic acids is 1. The Morgan fingerprint density at radius 1 is 1.29 bits per heavy atom. The van der Waals surface area contributed by atoms with Crippen LogP contribution in [0.25, 0.3) is 0 Å². The summed E-state index contributed by atoms with van der Waals surface area (Å²) in [5, 5.41) is 12.0. The van der Waals surface area contributed by atoms with Gasteiger partial charge in [0, 0.05) is 5.75 Å². The van der Waals surface area contributed by atoms with Crippen molar-refractivity contribution < 1.29 is 14.7 Å². The molecule has 0 heterocycles. The zero-order valence-electron chi connectivity index (χ0n) is 12.8. The van der Waals surface area contributed by atoms with Crippen molar-refractivity contribution in [2.45, 2.75) is 44.9 Å². The summed E-state index contributed by atoms with van der Waals surface area (Å²) >= 11 is 1.49. The Labute approximate surface area is 130 Å². The van der Waals surface area contributed by atoms with Crippen LogP contribution in [-0.2, 0) is 15.3 Å². The molecule has 0 saturated heterocycles. The van der Waals surface area contributed by atoms with Crippen LogP contribution in [0.3, 0.4) is 0 Å². The monoisotopic (exact) mass is 309 g/mol. The van der Waals surface area contributed by atoms with E-state index in [1.807, 2.05) is 25.1 Å². The van der Waals surface area contributed by atoms with Gasteiger partial charge in [-0.3, -0.25) is 4.79 Å². The molecule has 21 heavy (non-hydrogen) atoms. The second-order valence-corrected chi connectivity index (χ2v) is 6.11. The highest BCUT2D eigenvalue weighted by molar-refractivity contribution is 7.99. The minimum atomic E-state index is -1.14. The Morgan fingerprint density at radius 2 is 1.95 bits per heavy atom. The normalized spacial score (nSPS) is 11.2. The maximum atomic E-state index is 11.9. The summed E-state index contributed by atoms with van der Waals surface area (Å²) in [7, 11) is 0. The van der Waals surface area contributed by atoms with Crippen molar-refractivity contribution in [3.8, 4) is 0 Å².